The van der Waals surface area contributed by atoms with E-state index in [0.29, 0.717) is 17.9 Å². The average Bonchev–Trinajstić information content (AvgIpc) is 2.71. The van der Waals surface area contributed by atoms with Crippen LogP contribution >= 0.6 is 12.4 Å². The minimum absolute atomic E-state index is 0. The number of hydrogen-bond acceptors (Lipinski definition) is 2. The van der Waals surface area contributed by atoms with Crippen LogP contribution in [0, 0.1) is 11.7 Å². The van der Waals surface area contributed by atoms with E-state index in [9.17, 15) is 9.18 Å². The Hall–Kier alpha value is -0.930. The predicted molar refractivity (Wildman–Crippen MR) is 63.6 cm³/mol. The minimum atomic E-state index is -0.297. The van der Waals surface area contributed by atoms with E-state index < -0.39 is 0 Å². The van der Waals surface area contributed by atoms with Crippen molar-refractivity contribution in [3.05, 3.63) is 35.6 Å². The number of benzene rings is 1. The van der Waals surface area contributed by atoms with Gasteiger partial charge in [-0.15, -0.1) is 12.4 Å². The van der Waals surface area contributed by atoms with E-state index in [1.807, 2.05) is 0 Å². The molecule has 0 bridgehead atoms. The quantitative estimate of drug-likeness (QED) is 0.827. The van der Waals surface area contributed by atoms with Crippen LogP contribution in [0.3, 0.4) is 0 Å². The zero-order chi connectivity index (χ0) is 10.7. The number of nitrogens with one attached hydrogen (secondary N) is 1. The lowest BCUT2D eigenvalue weighted by atomic mass is 9.98. The molecule has 4 heteroatoms. The van der Waals surface area contributed by atoms with E-state index in [-0.39, 0.29) is 24.0 Å². The fourth-order valence-corrected chi connectivity index (χ4v) is 1.90. The Morgan fingerprint density at radius 1 is 1.38 bits per heavy atom. The minimum Gasteiger partial charge on any atom is -0.316 e. The SMILES string of the molecule is Cl.O=C(CC1CCNC1)c1ccc(F)cc1. The number of Topliss-reactive ketones (excluding diaryl/α,β-unsaturated/α-hetero) is 1. The molecule has 2 nitrogen and oxygen atoms in total. The van der Waals surface area contributed by atoms with Crippen molar-refractivity contribution in [2.24, 2.45) is 5.92 Å². The molecule has 0 radical (unpaired) electrons. The molecule has 1 N–H and O–H groups in total. The molecule has 1 aliphatic heterocycles. The molecule has 1 fully saturated rings. The van der Waals surface area contributed by atoms with Gasteiger partial charge in [0.15, 0.2) is 5.78 Å². The molecule has 1 unspecified atom stereocenters. The molecule has 1 atom stereocenters. The third-order valence-corrected chi connectivity index (χ3v) is 2.80. The standard InChI is InChI=1S/C12H14FNO.ClH/c13-11-3-1-10(2-4-11)12(15)7-9-5-6-14-8-9;/h1-4,9,14H,5-8H2;1H. The molecule has 16 heavy (non-hydrogen) atoms. The van der Waals surface area contributed by atoms with E-state index in [4.69, 9.17) is 0 Å². The molecule has 2 rings (SSSR count). The molecule has 1 saturated heterocycles. The first-order chi connectivity index (χ1) is 7.25. The maximum atomic E-state index is 12.6. The van der Waals surface area contributed by atoms with E-state index >= 15 is 0 Å². The van der Waals surface area contributed by atoms with Gasteiger partial charge in [0, 0.05) is 12.0 Å². The van der Waals surface area contributed by atoms with Gasteiger partial charge in [0.2, 0.25) is 0 Å². The van der Waals surface area contributed by atoms with Crippen molar-refractivity contribution < 1.29 is 9.18 Å². The van der Waals surface area contributed by atoms with Crippen LogP contribution in [0.5, 0.6) is 0 Å². The molecule has 1 aromatic carbocycles. The first-order valence-corrected chi connectivity index (χ1v) is 5.25. The first kappa shape index (κ1) is 13.1. The summed E-state index contributed by atoms with van der Waals surface area (Å²) in [7, 11) is 0. The lowest BCUT2D eigenvalue weighted by molar-refractivity contribution is 0.0964. The van der Waals surface area contributed by atoms with Gasteiger partial charge in [-0.2, -0.15) is 0 Å². The zero-order valence-electron chi connectivity index (χ0n) is 8.91. The Labute approximate surface area is 101 Å². The average molecular weight is 244 g/mol. The third kappa shape index (κ3) is 3.29. The van der Waals surface area contributed by atoms with Crippen LogP contribution in [0.25, 0.3) is 0 Å². The van der Waals surface area contributed by atoms with Crippen molar-refractivity contribution in [1.29, 1.82) is 0 Å². The highest BCUT2D eigenvalue weighted by Gasteiger charge is 2.18. The van der Waals surface area contributed by atoms with Gasteiger partial charge >= 0.3 is 0 Å². The first-order valence-electron chi connectivity index (χ1n) is 5.25. The summed E-state index contributed by atoms with van der Waals surface area (Å²) in [6.45, 7) is 1.92. The summed E-state index contributed by atoms with van der Waals surface area (Å²) in [5.74, 6) is 0.264. The molecule has 1 heterocycles. The van der Waals surface area contributed by atoms with Crippen LogP contribution < -0.4 is 5.32 Å². The Morgan fingerprint density at radius 3 is 2.62 bits per heavy atom. The maximum Gasteiger partial charge on any atom is 0.163 e. The van der Waals surface area contributed by atoms with Gasteiger partial charge in [-0.25, -0.2) is 4.39 Å². The highest BCUT2D eigenvalue weighted by Crippen LogP contribution is 2.16. The Bertz CT molecular complexity index is 347. The number of halogens is 2. The Kier molecular flexibility index (Phi) is 4.90. The van der Waals surface area contributed by atoms with Crippen molar-refractivity contribution in [2.45, 2.75) is 12.8 Å². The van der Waals surface area contributed by atoms with Gasteiger partial charge in [-0.3, -0.25) is 4.79 Å². The van der Waals surface area contributed by atoms with Crippen molar-refractivity contribution in [3.63, 3.8) is 0 Å². The smallest absolute Gasteiger partial charge is 0.163 e. The van der Waals surface area contributed by atoms with Gasteiger partial charge < -0.3 is 5.32 Å². The van der Waals surface area contributed by atoms with Crippen molar-refractivity contribution in [3.8, 4) is 0 Å². The number of hydrogen-bond donors (Lipinski definition) is 1. The second kappa shape index (κ2) is 5.97. The summed E-state index contributed by atoms with van der Waals surface area (Å²) in [5, 5.41) is 3.23. The van der Waals surface area contributed by atoms with Gasteiger partial charge in [-0.1, -0.05) is 0 Å². The largest absolute Gasteiger partial charge is 0.316 e. The normalized spacial score (nSPS) is 19.2. The van der Waals surface area contributed by atoms with Gasteiger partial charge in [0.05, 0.1) is 0 Å². The molecule has 88 valence electrons. The molecule has 1 aromatic rings. The number of rotatable bonds is 3. The summed E-state index contributed by atoms with van der Waals surface area (Å²) in [4.78, 5) is 11.8. The van der Waals surface area contributed by atoms with Crippen molar-refractivity contribution in [1.82, 2.24) is 5.32 Å². The predicted octanol–water partition coefficient (Wildman–Crippen LogP) is 2.43. The van der Waals surface area contributed by atoms with Gasteiger partial charge in [0.1, 0.15) is 5.82 Å². The van der Waals surface area contributed by atoms with Crippen LogP contribution in [0.15, 0.2) is 24.3 Å². The lowest BCUT2D eigenvalue weighted by Gasteiger charge is -2.06. The Morgan fingerprint density at radius 2 is 2.06 bits per heavy atom. The summed E-state index contributed by atoms with van der Waals surface area (Å²) < 4.78 is 12.6. The van der Waals surface area contributed by atoms with Crippen LogP contribution in [0.4, 0.5) is 4.39 Å². The van der Waals surface area contributed by atoms with Gasteiger partial charge in [0.25, 0.3) is 0 Å². The maximum absolute atomic E-state index is 12.6. The third-order valence-electron chi connectivity index (χ3n) is 2.80. The van der Waals surface area contributed by atoms with Crippen molar-refractivity contribution in [2.75, 3.05) is 13.1 Å². The number of carbonyl (C=O) groups excluding carboxylic acids is 1. The van der Waals surface area contributed by atoms with E-state index in [0.717, 1.165) is 19.5 Å². The number of carbonyl (C=O) groups is 1. The molecule has 0 amide bonds. The fraction of sp³-hybridized carbons (Fsp3) is 0.417. The van der Waals surface area contributed by atoms with Crippen molar-refractivity contribution >= 4 is 18.2 Å². The molecule has 0 spiro atoms. The highest BCUT2D eigenvalue weighted by molar-refractivity contribution is 5.96. The van der Waals surface area contributed by atoms with E-state index in [2.05, 4.69) is 5.32 Å². The van der Waals surface area contributed by atoms with Crippen LogP contribution in [-0.2, 0) is 0 Å². The molecule has 0 aliphatic carbocycles. The van der Waals surface area contributed by atoms with Crippen LogP contribution in [-0.4, -0.2) is 18.9 Å². The second-order valence-electron chi connectivity index (χ2n) is 3.99. The van der Waals surface area contributed by atoms with Crippen LogP contribution in [0.1, 0.15) is 23.2 Å². The highest BCUT2D eigenvalue weighted by atomic mass is 35.5. The Balaban J connectivity index is 0.00000128. The fourth-order valence-electron chi connectivity index (χ4n) is 1.90. The summed E-state index contributed by atoms with van der Waals surface area (Å²) in [6, 6.07) is 5.78. The molecular weight excluding hydrogens is 229 g/mol. The summed E-state index contributed by atoms with van der Waals surface area (Å²) >= 11 is 0. The van der Waals surface area contributed by atoms with E-state index in [1.165, 1.54) is 12.1 Å². The topological polar surface area (TPSA) is 29.1 Å². The lowest BCUT2D eigenvalue weighted by Crippen LogP contribution is -2.12. The molecule has 1 aliphatic rings. The summed E-state index contributed by atoms with van der Waals surface area (Å²) in [6.07, 6.45) is 1.63. The number of ketones is 1. The monoisotopic (exact) mass is 243 g/mol. The molecule has 0 saturated carbocycles. The second-order valence-corrected chi connectivity index (χ2v) is 3.99. The molecular formula is C12H15ClFNO. The van der Waals surface area contributed by atoms with Gasteiger partial charge in [-0.05, 0) is 49.7 Å². The van der Waals surface area contributed by atoms with Crippen LogP contribution in [0.2, 0.25) is 0 Å². The summed E-state index contributed by atoms with van der Waals surface area (Å²) in [5.41, 5.74) is 0.614. The molecule has 0 aromatic heterocycles. The zero-order valence-corrected chi connectivity index (χ0v) is 9.73. The van der Waals surface area contributed by atoms with E-state index in [1.54, 1.807) is 12.1 Å².